The molecular formula is C10H13Cl3N6O2. The lowest BCUT2D eigenvalue weighted by atomic mass is 10.3. The minimum Gasteiger partial charge on any atom is -0.467 e. The minimum atomic E-state index is -1.96. The van der Waals surface area contributed by atoms with Gasteiger partial charge in [-0.1, -0.05) is 34.8 Å². The number of aromatic nitrogens is 3. The molecule has 0 saturated carbocycles. The zero-order valence-corrected chi connectivity index (χ0v) is 13.4. The summed E-state index contributed by atoms with van der Waals surface area (Å²) in [5.41, 5.74) is 0. The van der Waals surface area contributed by atoms with Crippen molar-refractivity contribution in [3.8, 4) is 12.1 Å². The molecule has 11 heteroatoms. The van der Waals surface area contributed by atoms with Gasteiger partial charge in [-0.2, -0.15) is 20.2 Å². The number of alkyl halides is 3. The maximum atomic E-state index is 9.65. The van der Waals surface area contributed by atoms with Gasteiger partial charge in [0.25, 0.3) is 0 Å². The predicted octanol–water partition coefficient (Wildman–Crippen LogP) is 1.69. The molecule has 8 nitrogen and oxygen atoms in total. The molecule has 0 amide bonds. The number of aliphatic hydroxyl groups is 1. The van der Waals surface area contributed by atoms with E-state index in [1.807, 2.05) is 6.07 Å². The molecule has 21 heavy (non-hydrogen) atoms. The molecule has 0 aliphatic heterocycles. The number of aliphatic hydroxyl groups excluding tert-OH is 1. The van der Waals surface area contributed by atoms with Crippen molar-refractivity contribution in [1.82, 2.24) is 15.0 Å². The molecule has 0 spiro atoms. The summed E-state index contributed by atoms with van der Waals surface area (Å²) < 4.78 is 2.96. The van der Waals surface area contributed by atoms with E-state index in [2.05, 4.69) is 25.6 Å². The van der Waals surface area contributed by atoms with Gasteiger partial charge in [0.05, 0.1) is 19.6 Å². The number of hydrogen-bond acceptors (Lipinski definition) is 8. The summed E-state index contributed by atoms with van der Waals surface area (Å²) in [6, 6.07) is 1.82. The average molecular weight is 356 g/mol. The summed E-state index contributed by atoms with van der Waals surface area (Å²) in [7, 11) is 1.37. The van der Waals surface area contributed by atoms with Gasteiger partial charge in [0.1, 0.15) is 0 Å². The van der Waals surface area contributed by atoms with Crippen molar-refractivity contribution in [2.24, 2.45) is 0 Å². The van der Waals surface area contributed by atoms with E-state index in [-0.39, 0.29) is 30.4 Å². The Morgan fingerprint density at radius 2 is 1.86 bits per heavy atom. The fourth-order valence-electron chi connectivity index (χ4n) is 1.19. The van der Waals surface area contributed by atoms with Crippen LogP contribution in [0.4, 0.5) is 11.9 Å². The Morgan fingerprint density at radius 3 is 2.33 bits per heavy atom. The molecule has 0 aliphatic rings. The van der Waals surface area contributed by atoms with Crippen molar-refractivity contribution in [2.75, 3.05) is 17.7 Å². The fraction of sp³-hybridized carbons (Fsp3) is 0.600. The third kappa shape index (κ3) is 5.93. The van der Waals surface area contributed by atoms with E-state index < -0.39 is 10.0 Å². The van der Waals surface area contributed by atoms with Gasteiger partial charge < -0.3 is 20.5 Å². The molecule has 0 bridgehead atoms. The number of rotatable bonds is 6. The average Bonchev–Trinajstić information content (AvgIpc) is 2.37. The Hall–Kier alpha value is -1.27. The van der Waals surface area contributed by atoms with E-state index in [0.717, 1.165) is 0 Å². The molecule has 0 aliphatic carbocycles. The van der Waals surface area contributed by atoms with Gasteiger partial charge in [-0.05, 0) is 6.92 Å². The lowest BCUT2D eigenvalue weighted by molar-refractivity contribution is 0.207. The Bertz CT molecular complexity index is 518. The van der Waals surface area contributed by atoms with Crippen LogP contribution in [0, 0.1) is 11.3 Å². The highest BCUT2D eigenvalue weighted by Crippen LogP contribution is 2.30. The van der Waals surface area contributed by atoms with Crippen molar-refractivity contribution in [1.29, 1.82) is 5.26 Å². The van der Waals surface area contributed by atoms with Crippen LogP contribution >= 0.6 is 34.8 Å². The van der Waals surface area contributed by atoms with Crippen LogP contribution in [0.3, 0.4) is 0 Å². The fourth-order valence-corrected chi connectivity index (χ4v) is 1.35. The monoisotopic (exact) mass is 354 g/mol. The molecule has 0 aromatic carbocycles. The summed E-state index contributed by atoms with van der Waals surface area (Å²) in [6.07, 6.45) is -1.27. The molecular weight excluding hydrogens is 343 g/mol. The molecule has 2 unspecified atom stereocenters. The van der Waals surface area contributed by atoms with E-state index >= 15 is 0 Å². The van der Waals surface area contributed by atoms with Gasteiger partial charge in [-0.25, -0.2) is 0 Å². The lowest BCUT2D eigenvalue weighted by Crippen LogP contribution is -2.34. The number of ether oxygens (including phenoxy) is 1. The second kappa shape index (κ2) is 7.66. The van der Waals surface area contributed by atoms with Crippen LogP contribution in [0.2, 0.25) is 0 Å². The Balaban J connectivity index is 2.92. The lowest BCUT2D eigenvalue weighted by Gasteiger charge is -2.20. The van der Waals surface area contributed by atoms with Crippen molar-refractivity contribution < 1.29 is 9.84 Å². The molecule has 116 valence electrons. The first-order chi connectivity index (χ1) is 9.76. The quantitative estimate of drug-likeness (QED) is 0.521. The number of nitrogens with zero attached hydrogens (tertiary/aromatic N) is 4. The SMILES string of the molecule is COc1nc(NC(C)CC#N)nc(NC(O)C(Cl)(Cl)Cl)n1. The molecule has 0 fully saturated rings. The Labute approximate surface area is 136 Å². The maximum absolute atomic E-state index is 9.65. The van der Waals surface area contributed by atoms with E-state index in [0.29, 0.717) is 0 Å². The van der Waals surface area contributed by atoms with Crippen LogP contribution in [0.5, 0.6) is 6.01 Å². The van der Waals surface area contributed by atoms with E-state index in [1.165, 1.54) is 7.11 Å². The zero-order valence-electron chi connectivity index (χ0n) is 11.1. The first-order valence-corrected chi connectivity index (χ1v) is 6.84. The van der Waals surface area contributed by atoms with Crippen molar-refractivity contribution in [3.63, 3.8) is 0 Å². The minimum absolute atomic E-state index is 0.00400. The van der Waals surface area contributed by atoms with Crippen LogP contribution < -0.4 is 15.4 Å². The second-order valence-electron chi connectivity index (χ2n) is 3.97. The van der Waals surface area contributed by atoms with Gasteiger partial charge in [0, 0.05) is 6.04 Å². The summed E-state index contributed by atoms with van der Waals surface area (Å²) in [4.78, 5) is 11.8. The summed E-state index contributed by atoms with van der Waals surface area (Å²) in [6.45, 7) is 1.78. The summed E-state index contributed by atoms with van der Waals surface area (Å²) in [5.74, 6) is 0.107. The third-order valence-corrected chi connectivity index (χ3v) is 2.77. The van der Waals surface area contributed by atoms with Crippen molar-refractivity contribution in [3.05, 3.63) is 0 Å². The molecule has 1 heterocycles. The molecule has 1 rings (SSSR count). The van der Waals surface area contributed by atoms with Gasteiger partial charge in [0.2, 0.25) is 15.7 Å². The van der Waals surface area contributed by atoms with Gasteiger partial charge in [-0.3, -0.25) is 0 Å². The number of halogens is 3. The summed E-state index contributed by atoms with van der Waals surface area (Å²) in [5, 5.41) is 23.6. The topological polar surface area (TPSA) is 116 Å². The molecule has 3 N–H and O–H groups in total. The molecule has 0 radical (unpaired) electrons. The van der Waals surface area contributed by atoms with Crippen LogP contribution in [0.1, 0.15) is 13.3 Å². The van der Waals surface area contributed by atoms with Crippen LogP contribution in [0.15, 0.2) is 0 Å². The predicted molar refractivity (Wildman–Crippen MR) is 79.6 cm³/mol. The first-order valence-electron chi connectivity index (χ1n) is 5.71. The maximum Gasteiger partial charge on any atom is 0.322 e. The second-order valence-corrected chi connectivity index (χ2v) is 6.33. The van der Waals surface area contributed by atoms with Crippen LogP contribution in [-0.4, -0.2) is 43.2 Å². The third-order valence-electron chi connectivity index (χ3n) is 2.15. The number of methoxy groups -OCH3 is 1. The van der Waals surface area contributed by atoms with E-state index in [9.17, 15) is 5.11 Å². The molecule has 2 atom stereocenters. The standard InChI is InChI=1S/C10H13Cl3N6O2/c1-5(3-4-14)15-7-17-8(19-9(18-7)21-2)16-6(20)10(11,12)13/h5-6,20H,3H2,1-2H3,(H2,15,16,17,18,19). The van der Waals surface area contributed by atoms with Crippen molar-refractivity contribution >= 4 is 46.7 Å². The number of anilines is 2. The highest BCUT2D eigenvalue weighted by Gasteiger charge is 2.31. The summed E-state index contributed by atoms with van der Waals surface area (Å²) >= 11 is 16.6. The van der Waals surface area contributed by atoms with Crippen molar-refractivity contribution in [2.45, 2.75) is 29.4 Å². The van der Waals surface area contributed by atoms with Gasteiger partial charge in [0.15, 0.2) is 6.23 Å². The number of nitriles is 1. The normalized spacial score (nSPS) is 14.0. The number of hydrogen-bond donors (Lipinski definition) is 3. The Morgan fingerprint density at radius 1 is 1.29 bits per heavy atom. The highest BCUT2D eigenvalue weighted by molar-refractivity contribution is 6.68. The van der Waals surface area contributed by atoms with Gasteiger partial charge >= 0.3 is 6.01 Å². The highest BCUT2D eigenvalue weighted by atomic mass is 35.6. The Kier molecular flexibility index (Phi) is 6.48. The van der Waals surface area contributed by atoms with E-state index in [1.54, 1.807) is 6.92 Å². The molecule has 1 aromatic heterocycles. The van der Waals surface area contributed by atoms with E-state index in [4.69, 9.17) is 44.8 Å². The zero-order chi connectivity index (χ0) is 16.0. The van der Waals surface area contributed by atoms with Gasteiger partial charge in [-0.15, -0.1) is 0 Å². The van der Waals surface area contributed by atoms with Crippen LogP contribution in [0.25, 0.3) is 0 Å². The first kappa shape index (κ1) is 17.8. The number of nitrogens with one attached hydrogen (secondary N) is 2. The molecule has 0 saturated heterocycles. The molecule has 1 aromatic rings. The largest absolute Gasteiger partial charge is 0.467 e. The smallest absolute Gasteiger partial charge is 0.322 e. The van der Waals surface area contributed by atoms with Crippen LogP contribution in [-0.2, 0) is 0 Å².